The molecular weight excluding hydrogens is 292 g/mol. The molecular formula is C14H22N2O4S. The number of nitrogens with zero attached hydrogens (tertiary/aromatic N) is 1. The molecule has 0 amide bonds. The smallest absolute Gasteiger partial charge is 0.262 e. The minimum absolute atomic E-state index is 0.199. The summed E-state index contributed by atoms with van der Waals surface area (Å²) >= 11 is 0. The normalized spacial score (nSPS) is 16.3. The molecule has 1 N–H and O–H groups in total. The summed E-state index contributed by atoms with van der Waals surface area (Å²) in [4.78, 5) is 9.75. The second-order valence-electron chi connectivity index (χ2n) is 5.12. The second-order valence-corrected chi connectivity index (χ2v) is 6.73. The maximum atomic E-state index is 12.2. The van der Waals surface area contributed by atoms with Crippen LogP contribution in [0.25, 0.3) is 0 Å². The van der Waals surface area contributed by atoms with E-state index in [4.69, 9.17) is 9.57 Å². The first kappa shape index (κ1) is 16.2. The highest BCUT2D eigenvalue weighted by atomic mass is 32.2. The molecule has 7 heteroatoms. The molecule has 0 atom stereocenters. The largest absolute Gasteiger partial charge is 0.497 e. The van der Waals surface area contributed by atoms with Crippen molar-refractivity contribution >= 4 is 10.0 Å². The molecule has 0 aromatic heterocycles. The first-order chi connectivity index (χ1) is 10.0. The monoisotopic (exact) mass is 314 g/mol. The molecule has 0 bridgehead atoms. The van der Waals surface area contributed by atoms with E-state index in [9.17, 15) is 8.42 Å². The lowest BCUT2D eigenvalue weighted by molar-refractivity contribution is 0.0756. The van der Waals surface area contributed by atoms with Gasteiger partial charge in [0.15, 0.2) is 0 Å². The Hall–Kier alpha value is -1.15. The summed E-state index contributed by atoms with van der Waals surface area (Å²) in [7, 11) is -2.11. The SMILES string of the molecule is COc1ccc(S(=O)(=O)NOCCN2CCCC2)c(C)c1. The Morgan fingerprint density at radius 1 is 1.29 bits per heavy atom. The molecule has 1 aromatic carbocycles. The summed E-state index contributed by atoms with van der Waals surface area (Å²) in [5.74, 6) is 0.626. The minimum Gasteiger partial charge on any atom is -0.497 e. The lowest BCUT2D eigenvalue weighted by atomic mass is 10.2. The van der Waals surface area contributed by atoms with Crippen molar-refractivity contribution in [1.29, 1.82) is 0 Å². The van der Waals surface area contributed by atoms with E-state index in [2.05, 4.69) is 9.79 Å². The molecule has 0 saturated carbocycles. The van der Waals surface area contributed by atoms with Crippen LogP contribution in [0.2, 0.25) is 0 Å². The third-order valence-corrected chi connectivity index (χ3v) is 4.92. The fourth-order valence-electron chi connectivity index (χ4n) is 2.40. The Morgan fingerprint density at radius 3 is 2.62 bits per heavy atom. The van der Waals surface area contributed by atoms with Crippen molar-refractivity contribution < 1.29 is 18.0 Å². The first-order valence-electron chi connectivity index (χ1n) is 7.03. The van der Waals surface area contributed by atoms with Crippen LogP contribution in [0.4, 0.5) is 0 Å². The molecule has 1 aliphatic heterocycles. The van der Waals surface area contributed by atoms with Crippen molar-refractivity contribution in [2.75, 3.05) is 33.4 Å². The Morgan fingerprint density at radius 2 is 2.00 bits per heavy atom. The third kappa shape index (κ3) is 4.41. The fraction of sp³-hybridized carbons (Fsp3) is 0.571. The topological polar surface area (TPSA) is 67.9 Å². The minimum atomic E-state index is -3.66. The number of hydrogen-bond donors (Lipinski definition) is 1. The Bertz CT molecular complexity index is 568. The van der Waals surface area contributed by atoms with Crippen molar-refractivity contribution in [1.82, 2.24) is 9.79 Å². The van der Waals surface area contributed by atoms with Gasteiger partial charge in [0.05, 0.1) is 18.6 Å². The number of hydrogen-bond acceptors (Lipinski definition) is 5. The van der Waals surface area contributed by atoms with E-state index in [-0.39, 0.29) is 4.90 Å². The number of sulfonamides is 1. The van der Waals surface area contributed by atoms with Gasteiger partial charge in [-0.3, -0.25) is 4.84 Å². The van der Waals surface area contributed by atoms with E-state index in [1.807, 2.05) is 0 Å². The Balaban J connectivity index is 1.88. The van der Waals surface area contributed by atoms with Gasteiger partial charge in [0.2, 0.25) is 0 Å². The molecule has 21 heavy (non-hydrogen) atoms. The summed E-state index contributed by atoms with van der Waals surface area (Å²) in [5, 5.41) is 0. The van der Waals surface area contributed by atoms with E-state index in [0.717, 1.165) is 19.6 Å². The zero-order chi connectivity index (χ0) is 15.3. The molecule has 1 heterocycles. The van der Waals surface area contributed by atoms with Gasteiger partial charge in [-0.25, -0.2) is 8.42 Å². The number of benzene rings is 1. The van der Waals surface area contributed by atoms with Gasteiger partial charge < -0.3 is 9.64 Å². The van der Waals surface area contributed by atoms with E-state index < -0.39 is 10.0 Å². The molecule has 1 saturated heterocycles. The molecule has 2 rings (SSSR count). The number of nitrogens with one attached hydrogen (secondary N) is 1. The van der Waals surface area contributed by atoms with Crippen LogP contribution in [0, 0.1) is 6.92 Å². The summed E-state index contributed by atoms with van der Waals surface area (Å²) in [6.45, 7) is 4.93. The van der Waals surface area contributed by atoms with Crippen LogP contribution in [0.3, 0.4) is 0 Å². The number of aryl methyl sites for hydroxylation is 1. The Labute approximate surface area is 126 Å². The molecule has 0 radical (unpaired) electrons. The van der Waals surface area contributed by atoms with E-state index in [0.29, 0.717) is 17.9 Å². The Kier molecular flexibility index (Phi) is 5.58. The van der Waals surface area contributed by atoms with Crippen LogP contribution in [0.15, 0.2) is 23.1 Å². The van der Waals surface area contributed by atoms with Crippen LogP contribution in [-0.4, -0.2) is 46.7 Å². The zero-order valence-corrected chi connectivity index (χ0v) is 13.3. The molecule has 1 aromatic rings. The number of ether oxygens (including phenoxy) is 1. The van der Waals surface area contributed by atoms with Gasteiger partial charge >= 0.3 is 0 Å². The quantitative estimate of drug-likeness (QED) is 0.607. The zero-order valence-electron chi connectivity index (χ0n) is 12.5. The van der Waals surface area contributed by atoms with Crippen LogP contribution in [0.1, 0.15) is 18.4 Å². The average molecular weight is 314 g/mol. The van der Waals surface area contributed by atoms with Crippen molar-refractivity contribution in [2.24, 2.45) is 0 Å². The summed E-state index contributed by atoms with van der Waals surface area (Å²) in [5.41, 5.74) is 0.616. The third-order valence-electron chi connectivity index (χ3n) is 3.55. The number of likely N-dealkylation sites (tertiary alicyclic amines) is 1. The van der Waals surface area contributed by atoms with Gasteiger partial charge in [-0.1, -0.05) is 4.89 Å². The van der Waals surface area contributed by atoms with Crippen LogP contribution in [-0.2, 0) is 14.9 Å². The summed E-state index contributed by atoms with van der Waals surface area (Å²) in [6.07, 6.45) is 2.41. The highest BCUT2D eigenvalue weighted by Gasteiger charge is 2.18. The van der Waals surface area contributed by atoms with Crippen molar-refractivity contribution in [2.45, 2.75) is 24.7 Å². The number of methoxy groups -OCH3 is 1. The van der Waals surface area contributed by atoms with Gasteiger partial charge in [0.25, 0.3) is 10.0 Å². The highest BCUT2D eigenvalue weighted by molar-refractivity contribution is 7.89. The molecule has 0 unspecified atom stereocenters. The maximum absolute atomic E-state index is 12.2. The molecule has 1 aliphatic rings. The van der Waals surface area contributed by atoms with E-state index in [1.165, 1.54) is 18.9 Å². The molecule has 6 nitrogen and oxygen atoms in total. The lowest BCUT2D eigenvalue weighted by Gasteiger charge is -2.15. The highest BCUT2D eigenvalue weighted by Crippen LogP contribution is 2.20. The molecule has 0 aliphatic carbocycles. The predicted molar refractivity (Wildman–Crippen MR) is 79.7 cm³/mol. The lowest BCUT2D eigenvalue weighted by Crippen LogP contribution is -2.30. The fourth-order valence-corrected chi connectivity index (χ4v) is 3.45. The summed E-state index contributed by atoms with van der Waals surface area (Å²) < 4.78 is 29.4. The van der Waals surface area contributed by atoms with E-state index in [1.54, 1.807) is 26.2 Å². The van der Waals surface area contributed by atoms with Gasteiger partial charge in [-0.2, -0.15) is 0 Å². The number of rotatable bonds is 7. The molecule has 1 fully saturated rings. The van der Waals surface area contributed by atoms with Crippen molar-refractivity contribution in [3.8, 4) is 5.75 Å². The average Bonchev–Trinajstić information content (AvgIpc) is 2.96. The standard InChI is InChI=1S/C14H22N2O4S/c1-12-11-13(19-2)5-6-14(12)21(17,18)15-20-10-9-16-7-3-4-8-16/h5-6,11,15H,3-4,7-10H2,1-2H3. The summed E-state index contributed by atoms with van der Waals surface area (Å²) in [6, 6.07) is 4.81. The first-order valence-corrected chi connectivity index (χ1v) is 8.52. The molecule has 0 spiro atoms. The van der Waals surface area contributed by atoms with Crippen LogP contribution < -0.4 is 9.62 Å². The second kappa shape index (κ2) is 7.22. The van der Waals surface area contributed by atoms with Crippen molar-refractivity contribution in [3.05, 3.63) is 23.8 Å². The van der Waals surface area contributed by atoms with Gasteiger partial charge in [-0.15, -0.1) is 0 Å². The van der Waals surface area contributed by atoms with Gasteiger partial charge in [0, 0.05) is 6.54 Å². The maximum Gasteiger partial charge on any atom is 0.262 e. The van der Waals surface area contributed by atoms with Gasteiger partial charge in [-0.05, 0) is 56.6 Å². The van der Waals surface area contributed by atoms with Crippen LogP contribution in [0.5, 0.6) is 5.75 Å². The van der Waals surface area contributed by atoms with Crippen LogP contribution >= 0.6 is 0 Å². The van der Waals surface area contributed by atoms with Crippen molar-refractivity contribution in [3.63, 3.8) is 0 Å². The predicted octanol–water partition coefficient (Wildman–Crippen LogP) is 1.31. The molecule has 118 valence electrons. The van der Waals surface area contributed by atoms with E-state index >= 15 is 0 Å². The van der Waals surface area contributed by atoms with Gasteiger partial charge in [0.1, 0.15) is 5.75 Å².